The standard InChI is InChI=1S/C11H18O4.C3H3FO2/c1-2-4-10(13)15-7-8-5-3-6-9(12)11(8)14;1-2-3(5)6-4/h2,8-9,11-12,14H,1,3-7H2;2H,1H2. The molecule has 0 radical (unpaired) electrons. The Morgan fingerprint density at radius 2 is 1.95 bits per heavy atom. The molecule has 2 N–H and O–H groups in total. The summed E-state index contributed by atoms with van der Waals surface area (Å²) in [7, 11) is 0. The number of carbonyl (C=O) groups excluding carboxylic acids is 2. The van der Waals surface area contributed by atoms with Gasteiger partial charge in [0.15, 0.2) is 0 Å². The highest BCUT2D eigenvalue weighted by Gasteiger charge is 2.31. The van der Waals surface area contributed by atoms with Crippen molar-refractivity contribution in [1.29, 1.82) is 0 Å². The second kappa shape index (κ2) is 11.0. The monoisotopic (exact) mass is 304 g/mol. The van der Waals surface area contributed by atoms with E-state index in [-0.39, 0.29) is 24.9 Å². The Morgan fingerprint density at radius 3 is 2.43 bits per heavy atom. The highest BCUT2D eigenvalue weighted by Crippen LogP contribution is 2.25. The molecule has 0 bridgehead atoms. The first-order chi connectivity index (χ1) is 9.96. The second-order valence-electron chi connectivity index (χ2n) is 4.53. The lowest BCUT2D eigenvalue weighted by molar-refractivity contribution is -0.176. The first-order valence-electron chi connectivity index (χ1n) is 6.53. The lowest BCUT2D eigenvalue weighted by atomic mass is 9.85. The Labute approximate surface area is 122 Å². The first-order valence-corrected chi connectivity index (χ1v) is 6.53. The van der Waals surface area contributed by atoms with Crippen molar-refractivity contribution in [2.45, 2.75) is 37.9 Å². The third-order valence-electron chi connectivity index (χ3n) is 2.96. The van der Waals surface area contributed by atoms with Crippen LogP contribution in [0.15, 0.2) is 25.3 Å². The van der Waals surface area contributed by atoms with Crippen LogP contribution in [0.4, 0.5) is 4.53 Å². The molecule has 0 spiro atoms. The third kappa shape index (κ3) is 8.21. The summed E-state index contributed by atoms with van der Waals surface area (Å²) in [4.78, 5) is 23.1. The third-order valence-corrected chi connectivity index (χ3v) is 2.96. The molecule has 0 amide bonds. The Kier molecular flexibility index (Phi) is 10.1. The molecule has 0 aromatic heterocycles. The van der Waals surface area contributed by atoms with Gasteiger partial charge in [0.05, 0.1) is 25.2 Å². The molecule has 6 nitrogen and oxygen atoms in total. The maximum atomic E-state index is 11.0. The molecule has 3 atom stereocenters. The van der Waals surface area contributed by atoms with Crippen LogP contribution < -0.4 is 0 Å². The van der Waals surface area contributed by atoms with E-state index in [4.69, 9.17) is 4.74 Å². The molecule has 1 rings (SSSR count). The van der Waals surface area contributed by atoms with Gasteiger partial charge in [0.1, 0.15) is 0 Å². The maximum absolute atomic E-state index is 11.0. The van der Waals surface area contributed by atoms with Gasteiger partial charge in [-0.1, -0.05) is 19.1 Å². The smallest absolute Gasteiger partial charge is 0.371 e. The molecule has 1 saturated carbocycles. The van der Waals surface area contributed by atoms with E-state index in [1.54, 1.807) is 0 Å². The fourth-order valence-corrected chi connectivity index (χ4v) is 1.84. The summed E-state index contributed by atoms with van der Waals surface area (Å²) in [5.74, 6) is -1.53. The van der Waals surface area contributed by atoms with Gasteiger partial charge in [-0.3, -0.25) is 9.74 Å². The fourth-order valence-electron chi connectivity index (χ4n) is 1.84. The normalized spacial score (nSPS) is 24.0. The lowest BCUT2D eigenvalue weighted by Gasteiger charge is -2.31. The number of hydrogen-bond donors (Lipinski definition) is 2. The van der Waals surface area contributed by atoms with E-state index in [1.165, 1.54) is 6.08 Å². The van der Waals surface area contributed by atoms with Crippen molar-refractivity contribution in [3.63, 3.8) is 0 Å². The molecule has 21 heavy (non-hydrogen) atoms. The zero-order chi connectivity index (χ0) is 16.3. The molecule has 120 valence electrons. The van der Waals surface area contributed by atoms with E-state index in [1.807, 2.05) is 0 Å². The number of halogens is 1. The van der Waals surface area contributed by atoms with E-state index in [2.05, 4.69) is 18.1 Å². The zero-order valence-corrected chi connectivity index (χ0v) is 11.7. The van der Waals surface area contributed by atoms with Crippen LogP contribution in [0.1, 0.15) is 25.7 Å². The van der Waals surface area contributed by atoms with Crippen molar-refractivity contribution >= 4 is 11.9 Å². The zero-order valence-electron chi connectivity index (χ0n) is 11.7. The summed E-state index contributed by atoms with van der Waals surface area (Å²) in [6.07, 6.45) is 3.23. The number of hydrogen-bond acceptors (Lipinski definition) is 6. The van der Waals surface area contributed by atoms with Crippen molar-refractivity contribution < 1.29 is 34.0 Å². The first kappa shape index (κ1) is 19.3. The predicted octanol–water partition coefficient (Wildman–Crippen LogP) is 1.23. The minimum absolute atomic E-state index is 0.137. The van der Waals surface area contributed by atoms with Crippen molar-refractivity contribution in [2.24, 2.45) is 5.92 Å². The van der Waals surface area contributed by atoms with Crippen LogP contribution in [0, 0.1) is 5.92 Å². The molecule has 1 aliphatic rings. The van der Waals surface area contributed by atoms with Crippen molar-refractivity contribution in [1.82, 2.24) is 0 Å². The molecular formula is C14H21FO6. The van der Waals surface area contributed by atoms with Crippen molar-refractivity contribution in [2.75, 3.05) is 6.61 Å². The van der Waals surface area contributed by atoms with Crippen LogP contribution in [0.5, 0.6) is 0 Å². The molecule has 7 heteroatoms. The van der Waals surface area contributed by atoms with Gasteiger partial charge in [-0.05, 0) is 12.8 Å². The quantitative estimate of drug-likeness (QED) is 0.451. The fraction of sp³-hybridized carbons (Fsp3) is 0.571. The molecule has 1 fully saturated rings. The highest BCUT2D eigenvalue weighted by atomic mass is 19.3. The van der Waals surface area contributed by atoms with Gasteiger partial charge in [0.2, 0.25) is 0 Å². The van der Waals surface area contributed by atoms with E-state index >= 15 is 0 Å². The molecule has 0 saturated heterocycles. The topological polar surface area (TPSA) is 93.1 Å². The van der Waals surface area contributed by atoms with Crippen LogP contribution in [0.3, 0.4) is 0 Å². The molecule has 1 aliphatic carbocycles. The average molecular weight is 304 g/mol. The molecule has 0 aromatic carbocycles. The van der Waals surface area contributed by atoms with Crippen LogP contribution >= 0.6 is 0 Å². The van der Waals surface area contributed by atoms with Crippen LogP contribution in [0.2, 0.25) is 0 Å². The number of rotatable bonds is 5. The predicted molar refractivity (Wildman–Crippen MR) is 72.5 cm³/mol. The number of ether oxygens (including phenoxy) is 1. The Morgan fingerprint density at radius 1 is 1.29 bits per heavy atom. The summed E-state index contributed by atoms with van der Waals surface area (Å²) in [5, 5.41) is 19.0. The molecule has 0 aliphatic heterocycles. The van der Waals surface area contributed by atoms with Gasteiger partial charge in [-0.2, -0.15) is 0 Å². The summed E-state index contributed by atoms with van der Waals surface area (Å²) in [5.41, 5.74) is 0. The number of carbonyl (C=O) groups is 2. The van der Waals surface area contributed by atoms with Gasteiger partial charge in [0, 0.05) is 16.5 Å². The minimum Gasteiger partial charge on any atom is -0.465 e. The maximum Gasteiger partial charge on any atom is 0.371 e. The number of aliphatic hydroxyl groups is 2. The van der Waals surface area contributed by atoms with E-state index in [9.17, 15) is 24.3 Å². The molecule has 3 unspecified atom stereocenters. The van der Waals surface area contributed by atoms with Crippen LogP contribution in [0.25, 0.3) is 0 Å². The minimum atomic E-state index is -1.06. The van der Waals surface area contributed by atoms with Crippen LogP contribution in [-0.2, 0) is 19.3 Å². The highest BCUT2D eigenvalue weighted by molar-refractivity contribution is 5.80. The van der Waals surface area contributed by atoms with Gasteiger partial charge >= 0.3 is 11.9 Å². The van der Waals surface area contributed by atoms with Gasteiger partial charge < -0.3 is 14.9 Å². The summed E-state index contributed by atoms with van der Waals surface area (Å²) in [6, 6.07) is 0. The Bertz CT molecular complexity index is 357. The molecule has 0 heterocycles. The number of aliphatic hydroxyl groups excluding tert-OH is 2. The number of esters is 1. The van der Waals surface area contributed by atoms with Gasteiger partial charge in [-0.15, -0.1) is 6.58 Å². The van der Waals surface area contributed by atoms with Crippen LogP contribution in [-0.4, -0.2) is 41.0 Å². The summed E-state index contributed by atoms with van der Waals surface area (Å²) < 4.78 is 15.4. The lowest BCUT2D eigenvalue weighted by Crippen LogP contribution is -2.39. The van der Waals surface area contributed by atoms with Crippen molar-refractivity contribution in [3.05, 3.63) is 25.3 Å². The van der Waals surface area contributed by atoms with E-state index < -0.39 is 18.2 Å². The average Bonchev–Trinajstić information content (AvgIpc) is 2.49. The molecule has 0 aromatic rings. The van der Waals surface area contributed by atoms with Gasteiger partial charge in [0.25, 0.3) is 0 Å². The summed E-state index contributed by atoms with van der Waals surface area (Å²) >= 11 is 0. The SMILES string of the molecule is C=CC(=O)OF.C=CCC(=O)OCC1CCCC(O)C1O. The van der Waals surface area contributed by atoms with E-state index in [0.717, 1.165) is 18.9 Å². The Hall–Kier alpha value is -1.73. The van der Waals surface area contributed by atoms with Gasteiger partial charge in [-0.25, -0.2) is 4.79 Å². The largest absolute Gasteiger partial charge is 0.465 e. The second-order valence-corrected chi connectivity index (χ2v) is 4.53. The van der Waals surface area contributed by atoms with Crippen molar-refractivity contribution in [3.8, 4) is 0 Å². The molecular weight excluding hydrogens is 283 g/mol. The summed E-state index contributed by atoms with van der Waals surface area (Å²) in [6.45, 7) is 6.53. The van der Waals surface area contributed by atoms with E-state index in [0.29, 0.717) is 6.42 Å². The Balaban J connectivity index is 0.000000567.